The molecule has 6 heteroatoms. The molecule has 0 radical (unpaired) electrons. The number of amides is 1. The Morgan fingerprint density at radius 2 is 2.18 bits per heavy atom. The van der Waals surface area contributed by atoms with Crippen molar-refractivity contribution in [1.82, 2.24) is 15.3 Å². The first kappa shape index (κ1) is 16.6. The van der Waals surface area contributed by atoms with Crippen molar-refractivity contribution in [3.05, 3.63) is 17.8 Å². The van der Waals surface area contributed by atoms with Crippen molar-refractivity contribution in [2.75, 3.05) is 5.32 Å². The molecule has 2 rings (SSSR count). The molecule has 5 nitrogen and oxygen atoms in total. The van der Waals surface area contributed by atoms with Crippen molar-refractivity contribution >= 4 is 11.7 Å². The molecule has 0 bridgehead atoms. The number of hydrogen-bond donors (Lipinski definition) is 2. The third-order valence-electron chi connectivity index (χ3n) is 4.01. The van der Waals surface area contributed by atoms with E-state index < -0.39 is 0 Å². The van der Waals surface area contributed by atoms with E-state index in [9.17, 15) is 9.18 Å². The van der Waals surface area contributed by atoms with Crippen LogP contribution in [-0.4, -0.2) is 28.0 Å². The van der Waals surface area contributed by atoms with Gasteiger partial charge in [0.1, 0.15) is 6.33 Å². The molecule has 1 aromatic rings. The minimum atomic E-state index is -0.376. The fourth-order valence-corrected chi connectivity index (χ4v) is 2.91. The van der Waals surface area contributed by atoms with Crippen molar-refractivity contribution < 1.29 is 9.18 Å². The standard InChI is InChI=1S/C16H25FN4O/c1-4-13-14(17)15(19-9-18-13)21-12-7-5-6-11(8-12)16(22)20-10(2)3/h9-12H,4-8H2,1-3H3,(H,20,22)(H,18,19,21)/t11-,12+/m0/s1. The first-order valence-electron chi connectivity index (χ1n) is 8.07. The topological polar surface area (TPSA) is 66.9 Å². The second-order valence-electron chi connectivity index (χ2n) is 6.20. The molecular formula is C16H25FN4O. The van der Waals surface area contributed by atoms with E-state index in [0.717, 1.165) is 19.3 Å². The molecular weight excluding hydrogens is 283 g/mol. The number of nitrogens with one attached hydrogen (secondary N) is 2. The predicted molar refractivity (Wildman–Crippen MR) is 84.0 cm³/mol. The predicted octanol–water partition coefficient (Wildman–Crippen LogP) is 2.67. The van der Waals surface area contributed by atoms with E-state index in [1.54, 1.807) is 0 Å². The highest BCUT2D eigenvalue weighted by atomic mass is 19.1. The number of hydrogen-bond acceptors (Lipinski definition) is 4. The molecule has 0 unspecified atom stereocenters. The number of aromatic nitrogens is 2. The van der Waals surface area contributed by atoms with Crippen LogP contribution in [0.2, 0.25) is 0 Å². The second-order valence-corrected chi connectivity index (χ2v) is 6.20. The zero-order valence-electron chi connectivity index (χ0n) is 13.5. The Balaban J connectivity index is 2.00. The third kappa shape index (κ3) is 4.15. The van der Waals surface area contributed by atoms with Gasteiger partial charge in [0.15, 0.2) is 11.6 Å². The fraction of sp³-hybridized carbons (Fsp3) is 0.688. The molecule has 22 heavy (non-hydrogen) atoms. The summed E-state index contributed by atoms with van der Waals surface area (Å²) in [5.74, 6) is -0.0383. The monoisotopic (exact) mass is 308 g/mol. The van der Waals surface area contributed by atoms with E-state index in [1.807, 2.05) is 20.8 Å². The van der Waals surface area contributed by atoms with Crippen molar-refractivity contribution in [3.8, 4) is 0 Å². The van der Waals surface area contributed by atoms with Crippen LogP contribution in [0, 0.1) is 11.7 Å². The smallest absolute Gasteiger partial charge is 0.223 e. The van der Waals surface area contributed by atoms with Gasteiger partial charge in [0, 0.05) is 18.0 Å². The molecule has 1 aliphatic rings. The minimum Gasteiger partial charge on any atom is -0.365 e. The van der Waals surface area contributed by atoms with Crippen LogP contribution in [0.3, 0.4) is 0 Å². The van der Waals surface area contributed by atoms with Crippen LogP contribution in [-0.2, 0) is 11.2 Å². The summed E-state index contributed by atoms with van der Waals surface area (Å²) in [6.07, 6.45) is 5.41. The molecule has 2 atom stereocenters. The Morgan fingerprint density at radius 1 is 1.41 bits per heavy atom. The molecule has 1 aromatic heterocycles. The first-order valence-corrected chi connectivity index (χ1v) is 8.07. The summed E-state index contributed by atoms with van der Waals surface area (Å²) < 4.78 is 14.2. The van der Waals surface area contributed by atoms with Gasteiger partial charge in [0.05, 0.1) is 5.69 Å². The lowest BCUT2D eigenvalue weighted by atomic mass is 9.85. The van der Waals surface area contributed by atoms with Gasteiger partial charge >= 0.3 is 0 Å². The summed E-state index contributed by atoms with van der Waals surface area (Å²) in [4.78, 5) is 20.1. The molecule has 0 saturated heterocycles. The van der Waals surface area contributed by atoms with E-state index in [2.05, 4.69) is 20.6 Å². The van der Waals surface area contributed by atoms with Crippen LogP contribution in [0.25, 0.3) is 0 Å². The van der Waals surface area contributed by atoms with Crippen LogP contribution in [0.5, 0.6) is 0 Å². The van der Waals surface area contributed by atoms with Crippen LogP contribution in [0.4, 0.5) is 10.2 Å². The molecule has 1 aliphatic carbocycles. The lowest BCUT2D eigenvalue weighted by Gasteiger charge is -2.30. The van der Waals surface area contributed by atoms with E-state index in [0.29, 0.717) is 18.5 Å². The number of anilines is 1. The van der Waals surface area contributed by atoms with Gasteiger partial charge in [-0.25, -0.2) is 14.4 Å². The quantitative estimate of drug-likeness (QED) is 0.877. The van der Waals surface area contributed by atoms with Crippen LogP contribution in [0.15, 0.2) is 6.33 Å². The SMILES string of the molecule is CCc1ncnc(N[C@@H]2CCC[C@H](C(=O)NC(C)C)C2)c1F. The number of aryl methyl sites for hydroxylation is 1. The summed E-state index contributed by atoms with van der Waals surface area (Å²) in [5, 5.41) is 6.12. The molecule has 1 heterocycles. The fourth-order valence-electron chi connectivity index (χ4n) is 2.91. The van der Waals surface area contributed by atoms with Crippen LogP contribution < -0.4 is 10.6 Å². The number of halogens is 1. The van der Waals surface area contributed by atoms with E-state index in [1.165, 1.54) is 6.33 Å². The number of carbonyl (C=O) groups excluding carboxylic acids is 1. The van der Waals surface area contributed by atoms with Gasteiger partial charge in [-0.05, 0) is 39.5 Å². The van der Waals surface area contributed by atoms with Gasteiger partial charge in [-0.1, -0.05) is 13.3 Å². The Hall–Kier alpha value is -1.72. The Kier molecular flexibility index (Phi) is 5.69. The zero-order chi connectivity index (χ0) is 16.1. The highest BCUT2D eigenvalue weighted by Crippen LogP contribution is 2.27. The van der Waals surface area contributed by atoms with Crippen molar-refractivity contribution in [2.45, 2.75) is 65.0 Å². The van der Waals surface area contributed by atoms with E-state index in [4.69, 9.17) is 0 Å². The number of rotatable bonds is 5. The van der Waals surface area contributed by atoms with Gasteiger partial charge < -0.3 is 10.6 Å². The molecule has 0 aromatic carbocycles. The maximum absolute atomic E-state index is 14.2. The van der Waals surface area contributed by atoms with Gasteiger partial charge in [-0.2, -0.15) is 0 Å². The summed E-state index contributed by atoms with van der Waals surface area (Å²) in [5.41, 5.74) is 0.419. The maximum Gasteiger partial charge on any atom is 0.223 e. The normalized spacial score (nSPS) is 21.7. The van der Waals surface area contributed by atoms with Gasteiger partial charge in [0.2, 0.25) is 5.91 Å². The Morgan fingerprint density at radius 3 is 2.86 bits per heavy atom. The average molecular weight is 308 g/mol. The van der Waals surface area contributed by atoms with Crippen LogP contribution in [0.1, 0.15) is 52.1 Å². The molecule has 1 fully saturated rings. The number of nitrogens with zero attached hydrogens (tertiary/aromatic N) is 2. The van der Waals surface area contributed by atoms with Crippen LogP contribution >= 0.6 is 0 Å². The Labute approximate surface area is 131 Å². The summed E-state index contributed by atoms with van der Waals surface area (Å²) in [7, 11) is 0. The summed E-state index contributed by atoms with van der Waals surface area (Å²) in [6, 6.07) is 0.220. The third-order valence-corrected chi connectivity index (χ3v) is 4.01. The largest absolute Gasteiger partial charge is 0.365 e. The zero-order valence-corrected chi connectivity index (χ0v) is 13.5. The lowest BCUT2D eigenvalue weighted by Crippen LogP contribution is -2.40. The van der Waals surface area contributed by atoms with E-state index >= 15 is 0 Å². The average Bonchev–Trinajstić information content (AvgIpc) is 2.49. The maximum atomic E-state index is 14.2. The first-order chi connectivity index (χ1) is 10.5. The van der Waals surface area contributed by atoms with Crippen molar-refractivity contribution in [3.63, 3.8) is 0 Å². The summed E-state index contributed by atoms with van der Waals surface area (Å²) >= 11 is 0. The van der Waals surface area contributed by atoms with Gasteiger partial charge in [0.25, 0.3) is 0 Å². The molecule has 1 amide bonds. The minimum absolute atomic E-state index is 0.0100. The highest BCUT2D eigenvalue weighted by molar-refractivity contribution is 5.79. The van der Waals surface area contributed by atoms with Gasteiger partial charge in [-0.15, -0.1) is 0 Å². The molecule has 2 N–H and O–H groups in total. The summed E-state index contributed by atoms with van der Waals surface area (Å²) in [6.45, 7) is 5.78. The highest BCUT2D eigenvalue weighted by Gasteiger charge is 2.28. The second kappa shape index (κ2) is 7.51. The lowest BCUT2D eigenvalue weighted by molar-refractivity contribution is -0.126. The van der Waals surface area contributed by atoms with Crippen molar-refractivity contribution in [1.29, 1.82) is 0 Å². The Bertz CT molecular complexity index is 521. The molecule has 1 saturated carbocycles. The molecule has 0 spiro atoms. The van der Waals surface area contributed by atoms with E-state index in [-0.39, 0.29) is 35.5 Å². The van der Waals surface area contributed by atoms with Gasteiger partial charge in [-0.3, -0.25) is 4.79 Å². The molecule has 122 valence electrons. The van der Waals surface area contributed by atoms with Crippen molar-refractivity contribution in [2.24, 2.45) is 5.92 Å². The number of carbonyl (C=O) groups is 1. The molecule has 0 aliphatic heterocycles.